The molecule has 0 radical (unpaired) electrons. The summed E-state index contributed by atoms with van der Waals surface area (Å²) in [5.74, 6) is 1.62. The Bertz CT molecular complexity index is 542. The Morgan fingerprint density at radius 2 is 1.85 bits per heavy atom. The molecule has 0 amide bonds. The van der Waals surface area contributed by atoms with Crippen molar-refractivity contribution in [2.45, 2.75) is 6.04 Å². The van der Waals surface area contributed by atoms with Crippen LogP contribution >= 0.6 is 11.6 Å². The quantitative estimate of drug-likeness (QED) is 0.880. The van der Waals surface area contributed by atoms with E-state index in [2.05, 4.69) is 5.32 Å². The zero-order valence-corrected chi connectivity index (χ0v) is 12.4. The highest BCUT2D eigenvalue weighted by Crippen LogP contribution is 2.21. The molecule has 0 saturated carbocycles. The van der Waals surface area contributed by atoms with E-state index in [0.29, 0.717) is 11.6 Å². The Kier molecular flexibility index (Phi) is 5.27. The van der Waals surface area contributed by atoms with E-state index in [0.717, 1.165) is 17.1 Å². The molecule has 2 aromatic rings. The number of halogens is 1. The second-order valence-electron chi connectivity index (χ2n) is 4.38. The molecule has 3 nitrogen and oxygen atoms in total. The average molecular weight is 292 g/mol. The number of rotatable bonds is 6. The normalized spacial score (nSPS) is 11.9. The lowest BCUT2D eigenvalue weighted by atomic mass is 10.1. The van der Waals surface area contributed by atoms with E-state index in [4.69, 9.17) is 21.1 Å². The number of ether oxygens (including phenoxy) is 2. The number of hydrogen-bond donors (Lipinski definition) is 1. The summed E-state index contributed by atoms with van der Waals surface area (Å²) in [4.78, 5) is 0. The van der Waals surface area contributed by atoms with Gasteiger partial charge in [-0.05, 0) is 42.9 Å². The van der Waals surface area contributed by atoms with Crippen molar-refractivity contribution in [1.29, 1.82) is 0 Å². The first-order valence-electron chi connectivity index (χ1n) is 6.42. The van der Waals surface area contributed by atoms with Gasteiger partial charge in [-0.25, -0.2) is 0 Å². The molecule has 0 aromatic heterocycles. The third-order valence-corrected chi connectivity index (χ3v) is 3.31. The summed E-state index contributed by atoms with van der Waals surface area (Å²) in [5.41, 5.74) is 1.15. The van der Waals surface area contributed by atoms with E-state index in [1.54, 1.807) is 7.11 Å². The maximum absolute atomic E-state index is 5.93. The number of methoxy groups -OCH3 is 1. The lowest BCUT2D eigenvalue weighted by molar-refractivity contribution is 0.273. The minimum absolute atomic E-state index is 0.111. The van der Waals surface area contributed by atoms with Crippen molar-refractivity contribution in [1.82, 2.24) is 5.32 Å². The van der Waals surface area contributed by atoms with Gasteiger partial charge in [-0.3, -0.25) is 0 Å². The molecule has 1 unspecified atom stereocenters. The smallest absolute Gasteiger partial charge is 0.120 e. The standard InChI is InChI=1S/C16H18ClNO2/c1-18-16(12-6-8-14(19-2)9-7-12)11-20-15-5-3-4-13(17)10-15/h3-10,16,18H,11H2,1-2H3. The van der Waals surface area contributed by atoms with Crippen LogP contribution in [0.15, 0.2) is 48.5 Å². The van der Waals surface area contributed by atoms with E-state index >= 15 is 0 Å². The van der Waals surface area contributed by atoms with Gasteiger partial charge < -0.3 is 14.8 Å². The highest BCUT2D eigenvalue weighted by atomic mass is 35.5. The minimum Gasteiger partial charge on any atom is -0.497 e. The highest BCUT2D eigenvalue weighted by molar-refractivity contribution is 6.30. The van der Waals surface area contributed by atoms with Crippen molar-refractivity contribution in [2.24, 2.45) is 0 Å². The second-order valence-corrected chi connectivity index (χ2v) is 4.82. The number of benzene rings is 2. The molecule has 0 saturated heterocycles. The van der Waals surface area contributed by atoms with Crippen LogP contribution in [0, 0.1) is 0 Å². The van der Waals surface area contributed by atoms with Crippen molar-refractivity contribution < 1.29 is 9.47 Å². The van der Waals surface area contributed by atoms with Crippen LogP contribution in [-0.2, 0) is 0 Å². The van der Waals surface area contributed by atoms with E-state index < -0.39 is 0 Å². The SMILES string of the molecule is CNC(COc1cccc(Cl)c1)c1ccc(OC)cc1. The Balaban J connectivity index is 2.01. The van der Waals surface area contributed by atoms with Gasteiger partial charge in [0.1, 0.15) is 18.1 Å². The van der Waals surface area contributed by atoms with Crippen molar-refractivity contribution in [2.75, 3.05) is 20.8 Å². The molecule has 1 atom stereocenters. The molecule has 0 bridgehead atoms. The number of hydrogen-bond acceptors (Lipinski definition) is 3. The first-order chi connectivity index (χ1) is 9.72. The molecule has 0 spiro atoms. The topological polar surface area (TPSA) is 30.5 Å². The van der Waals surface area contributed by atoms with Crippen LogP contribution in [0.4, 0.5) is 0 Å². The molecule has 0 aliphatic carbocycles. The Labute approximate surface area is 124 Å². The largest absolute Gasteiger partial charge is 0.497 e. The molecule has 0 aliphatic rings. The number of likely N-dealkylation sites (N-methyl/N-ethyl adjacent to an activating group) is 1. The Morgan fingerprint density at radius 1 is 1.10 bits per heavy atom. The highest BCUT2D eigenvalue weighted by Gasteiger charge is 2.10. The fourth-order valence-electron chi connectivity index (χ4n) is 1.92. The van der Waals surface area contributed by atoms with Crippen LogP contribution in [0.25, 0.3) is 0 Å². The van der Waals surface area contributed by atoms with Crippen molar-refractivity contribution in [3.8, 4) is 11.5 Å². The molecule has 2 aromatic carbocycles. The molecule has 2 rings (SSSR count). The van der Waals surface area contributed by atoms with E-state index in [9.17, 15) is 0 Å². The molecule has 1 N–H and O–H groups in total. The molecule has 0 fully saturated rings. The van der Waals surface area contributed by atoms with Crippen molar-refractivity contribution >= 4 is 11.6 Å². The fraction of sp³-hybridized carbons (Fsp3) is 0.250. The first kappa shape index (κ1) is 14.7. The summed E-state index contributed by atoms with van der Waals surface area (Å²) in [5, 5.41) is 3.92. The van der Waals surface area contributed by atoms with E-state index in [-0.39, 0.29) is 6.04 Å². The van der Waals surface area contributed by atoms with Gasteiger partial charge in [0.15, 0.2) is 0 Å². The van der Waals surface area contributed by atoms with Gasteiger partial charge in [-0.2, -0.15) is 0 Å². The maximum atomic E-state index is 5.93. The zero-order chi connectivity index (χ0) is 14.4. The maximum Gasteiger partial charge on any atom is 0.120 e. The summed E-state index contributed by atoms with van der Waals surface area (Å²) in [6.07, 6.45) is 0. The third-order valence-electron chi connectivity index (χ3n) is 3.08. The van der Waals surface area contributed by atoms with Crippen LogP contribution in [0.3, 0.4) is 0 Å². The van der Waals surface area contributed by atoms with Crippen LogP contribution in [0.5, 0.6) is 11.5 Å². The summed E-state index contributed by atoms with van der Waals surface area (Å²) in [6, 6.07) is 15.5. The lowest BCUT2D eigenvalue weighted by Crippen LogP contribution is -2.23. The lowest BCUT2D eigenvalue weighted by Gasteiger charge is -2.18. The molecule has 106 valence electrons. The van der Waals surface area contributed by atoms with Gasteiger partial charge in [0, 0.05) is 5.02 Å². The van der Waals surface area contributed by atoms with Gasteiger partial charge in [0.05, 0.1) is 13.2 Å². The Hall–Kier alpha value is -1.71. The van der Waals surface area contributed by atoms with E-state index in [1.807, 2.05) is 55.6 Å². The van der Waals surface area contributed by atoms with E-state index in [1.165, 1.54) is 0 Å². The fourth-order valence-corrected chi connectivity index (χ4v) is 2.10. The molecule has 4 heteroatoms. The van der Waals surface area contributed by atoms with Gasteiger partial charge >= 0.3 is 0 Å². The van der Waals surface area contributed by atoms with Crippen LogP contribution < -0.4 is 14.8 Å². The van der Waals surface area contributed by atoms with Crippen LogP contribution in [-0.4, -0.2) is 20.8 Å². The summed E-state index contributed by atoms with van der Waals surface area (Å²) < 4.78 is 10.9. The summed E-state index contributed by atoms with van der Waals surface area (Å²) in [6.45, 7) is 0.531. The predicted octanol–water partition coefficient (Wildman–Crippen LogP) is 3.69. The van der Waals surface area contributed by atoms with Crippen LogP contribution in [0.1, 0.15) is 11.6 Å². The van der Waals surface area contributed by atoms with Gasteiger partial charge in [-0.1, -0.05) is 29.8 Å². The Morgan fingerprint density at radius 3 is 2.45 bits per heavy atom. The molecular weight excluding hydrogens is 274 g/mol. The second kappa shape index (κ2) is 7.17. The number of nitrogens with one attached hydrogen (secondary N) is 1. The van der Waals surface area contributed by atoms with Crippen molar-refractivity contribution in [3.05, 3.63) is 59.1 Å². The average Bonchev–Trinajstić information content (AvgIpc) is 2.48. The van der Waals surface area contributed by atoms with Crippen LogP contribution in [0.2, 0.25) is 5.02 Å². The molecule has 20 heavy (non-hydrogen) atoms. The third kappa shape index (κ3) is 3.89. The van der Waals surface area contributed by atoms with Gasteiger partial charge in [0.25, 0.3) is 0 Å². The minimum atomic E-state index is 0.111. The van der Waals surface area contributed by atoms with Gasteiger partial charge in [-0.15, -0.1) is 0 Å². The van der Waals surface area contributed by atoms with Gasteiger partial charge in [0.2, 0.25) is 0 Å². The first-order valence-corrected chi connectivity index (χ1v) is 6.80. The zero-order valence-electron chi connectivity index (χ0n) is 11.6. The molecular formula is C16H18ClNO2. The summed E-state index contributed by atoms with van der Waals surface area (Å²) in [7, 11) is 3.57. The monoisotopic (exact) mass is 291 g/mol. The van der Waals surface area contributed by atoms with Crippen molar-refractivity contribution in [3.63, 3.8) is 0 Å². The molecule has 0 aliphatic heterocycles. The molecule has 0 heterocycles. The predicted molar refractivity (Wildman–Crippen MR) is 81.7 cm³/mol. The summed E-state index contributed by atoms with van der Waals surface area (Å²) >= 11 is 5.93.